The predicted octanol–water partition coefficient (Wildman–Crippen LogP) is 0.644. The molecule has 1 rings (SSSR count). The van der Waals surface area contributed by atoms with Crippen LogP contribution >= 0.6 is 23.2 Å². The highest BCUT2D eigenvalue weighted by atomic mass is 35.5. The summed E-state index contributed by atoms with van der Waals surface area (Å²) in [6.07, 6.45) is 1.88. The minimum atomic E-state index is -0.775. The van der Waals surface area contributed by atoms with Gasteiger partial charge in [-0.05, 0) is 0 Å². The predicted molar refractivity (Wildman–Crippen MR) is 78.1 cm³/mol. The molecule has 0 unspecified atom stereocenters. The first kappa shape index (κ1) is 17.5. The molecular weight excluding hydrogens is 331 g/mol. The van der Waals surface area contributed by atoms with E-state index in [4.69, 9.17) is 23.2 Å². The number of methoxy groups -OCH3 is 2. The Kier molecular flexibility index (Phi) is 5.94. The van der Waals surface area contributed by atoms with Crippen LogP contribution in [-0.2, 0) is 19.1 Å². The molecule has 0 aliphatic rings. The summed E-state index contributed by atoms with van der Waals surface area (Å²) >= 11 is 12.1. The van der Waals surface area contributed by atoms with Crippen molar-refractivity contribution in [2.75, 3.05) is 14.2 Å². The normalized spacial score (nSPS) is 11.5. The third-order valence-corrected chi connectivity index (χ3v) is 3.49. The van der Waals surface area contributed by atoms with Crippen molar-refractivity contribution in [3.8, 4) is 12.1 Å². The molecule has 0 saturated heterocycles. The molecule has 0 fully saturated rings. The molecule has 0 bridgehead atoms. The molecule has 0 radical (unpaired) electrons. The molecule has 1 aromatic rings. The number of benzene rings is 1. The lowest BCUT2D eigenvalue weighted by Crippen LogP contribution is -2.24. The van der Waals surface area contributed by atoms with Gasteiger partial charge in [0.1, 0.15) is 12.1 Å². The molecule has 0 aliphatic heterocycles. The van der Waals surface area contributed by atoms with Gasteiger partial charge in [0.15, 0.2) is 0 Å². The van der Waals surface area contributed by atoms with Gasteiger partial charge in [-0.15, -0.1) is 0 Å². The first-order chi connectivity index (χ1) is 10.4. The van der Waals surface area contributed by atoms with Crippen LogP contribution < -0.4 is 10.4 Å². The summed E-state index contributed by atoms with van der Waals surface area (Å²) in [6.45, 7) is 0. The zero-order valence-corrected chi connectivity index (χ0v) is 12.9. The van der Waals surface area contributed by atoms with Crippen LogP contribution in [0.4, 0.5) is 0 Å². The van der Waals surface area contributed by atoms with Gasteiger partial charge in [-0.2, -0.15) is 10.5 Å². The van der Waals surface area contributed by atoms with E-state index in [2.05, 4.69) is 9.47 Å². The zero-order chi connectivity index (χ0) is 16.9. The van der Waals surface area contributed by atoms with Gasteiger partial charge in [0.2, 0.25) is 0 Å². The number of carbonyl (C=O) groups is 2. The smallest absolute Gasteiger partial charge is 0.331 e. The fraction of sp³-hybridized carbons (Fsp3) is 0.143. The van der Waals surface area contributed by atoms with Crippen molar-refractivity contribution < 1.29 is 19.1 Å². The Morgan fingerprint density at radius 1 is 0.909 bits per heavy atom. The van der Waals surface area contributed by atoms with E-state index in [0.29, 0.717) is 0 Å². The number of hydrogen-bond acceptors (Lipinski definition) is 6. The maximum atomic E-state index is 11.4. The van der Waals surface area contributed by atoms with Gasteiger partial charge < -0.3 is 9.47 Å². The van der Waals surface area contributed by atoms with Crippen LogP contribution in [0.3, 0.4) is 0 Å². The number of halogens is 2. The highest BCUT2D eigenvalue weighted by Crippen LogP contribution is 2.16. The molecule has 0 heterocycles. The van der Waals surface area contributed by atoms with Gasteiger partial charge in [0.05, 0.1) is 35.4 Å². The standard InChI is InChI=1S/C14H8Cl2N2O4/c1-21-11(19)3-7-9(5-17)10(6-18)8(4-12(20)22-2)14(16)13(7)15/h3-4H,1-2H3/b7-3-,8-4-. The first-order valence-corrected chi connectivity index (χ1v) is 6.37. The SMILES string of the molecule is COC(=O)/C=c1\c(Cl)c(Cl)/c(=C\C(=O)OC)c(C#N)c1C#N. The van der Waals surface area contributed by atoms with Gasteiger partial charge in [0, 0.05) is 22.6 Å². The molecular formula is C14H8Cl2N2O4. The van der Waals surface area contributed by atoms with E-state index in [9.17, 15) is 20.1 Å². The van der Waals surface area contributed by atoms with E-state index in [0.717, 1.165) is 26.4 Å². The molecule has 8 heteroatoms. The second-order valence-electron chi connectivity index (χ2n) is 3.76. The quantitative estimate of drug-likeness (QED) is 0.733. The Bertz CT molecular complexity index is 777. The molecule has 0 atom stereocenters. The molecule has 6 nitrogen and oxygen atoms in total. The van der Waals surface area contributed by atoms with E-state index >= 15 is 0 Å². The summed E-state index contributed by atoms with van der Waals surface area (Å²) in [6, 6.07) is 3.54. The van der Waals surface area contributed by atoms with Crippen LogP contribution in [0.5, 0.6) is 0 Å². The average molecular weight is 339 g/mol. The lowest BCUT2D eigenvalue weighted by Gasteiger charge is -2.05. The second-order valence-corrected chi connectivity index (χ2v) is 4.52. The van der Waals surface area contributed by atoms with Crippen molar-refractivity contribution in [1.29, 1.82) is 10.5 Å². The van der Waals surface area contributed by atoms with Crippen molar-refractivity contribution in [2.45, 2.75) is 0 Å². The third-order valence-electron chi connectivity index (χ3n) is 2.60. The maximum absolute atomic E-state index is 11.4. The summed E-state index contributed by atoms with van der Waals surface area (Å²) < 4.78 is 8.93. The van der Waals surface area contributed by atoms with Gasteiger partial charge in [-0.1, -0.05) is 23.2 Å². The fourth-order valence-electron chi connectivity index (χ4n) is 1.58. The Labute approximate surface area is 135 Å². The van der Waals surface area contributed by atoms with Gasteiger partial charge >= 0.3 is 11.9 Å². The summed E-state index contributed by atoms with van der Waals surface area (Å²) in [5.41, 5.74) is -0.394. The second kappa shape index (κ2) is 7.46. The molecule has 112 valence electrons. The van der Waals surface area contributed by atoms with Gasteiger partial charge in [-0.3, -0.25) is 0 Å². The van der Waals surface area contributed by atoms with E-state index in [1.165, 1.54) is 0 Å². The highest BCUT2D eigenvalue weighted by molar-refractivity contribution is 6.42. The maximum Gasteiger partial charge on any atom is 0.331 e. The van der Waals surface area contributed by atoms with E-state index in [1.54, 1.807) is 12.1 Å². The zero-order valence-electron chi connectivity index (χ0n) is 11.4. The summed E-state index contributed by atoms with van der Waals surface area (Å²) in [7, 11) is 2.29. The number of ether oxygens (including phenoxy) is 2. The molecule has 0 amide bonds. The van der Waals surface area contributed by atoms with Crippen LogP contribution in [0.15, 0.2) is 0 Å². The molecule has 0 aliphatic carbocycles. The average Bonchev–Trinajstić information content (AvgIpc) is 2.53. The van der Waals surface area contributed by atoms with Crippen molar-refractivity contribution in [3.05, 3.63) is 31.6 Å². The van der Waals surface area contributed by atoms with Crippen molar-refractivity contribution in [1.82, 2.24) is 0 Å². The van der Waals surface area contributed by atoms with E-state index < -0.39 is 11.9 Å². The largest absolute Gasteiger partial charge is 0.466 e. The monoisotopic (exact) mass is 338 g/mol. The first-order valence-electron chi connectivity index (χ1n) is 5.61. The summed E-state index contributed by atoms with van der Waals surface area (Å²) in [5, 5.41) is 18.1. The van der Waals surface area contributed by atoms with Crippen LogP contribution in [-0.4, -0.2) is 26.2 Å². The molecule has 0 aromatic heterocycles. The van der Waals surface area contributed by atoms with E-state index in [-0.39, 0.29) is 31.6 Å². The Morgan fingerprint density at radius 3 is 1.45 bits per heavy atom. The molecule has 1 aromatic carbocycles. The molecule has 0 saturated carbocycles. The highest BCUT2D eigenvalue weighted by Gasteiger charge is 2.16. The summed E-state index contributed by atoms with van der Waals surface area (Å²) in [5.74, 6) is -1.55. The topological polar surface area (TPSA) is 100 Å². The van der Waals surface area contributed by atoms with Gasteiger partial charge in [-0.25, -0.2) is 9.59 Å². The molecule has 22 heavy (non-hydrogen) atoms. The van der Waals surface area contributed by atoms with Gasteiger partial charge in [0.25, 0.3) is 0 Å². The number of esters is 2. The molecule has 0 N–H and O–H groups in total. The van der Waals surface area contributed by atoms with Crippen molar-refractivity contribution >= 4 is 47.3 Å². The van der Waals surface area contributed by atoms with Crippen molar-refractivity contribution in [3.63, 3.8) is 0 Å². The minimum absolute atomic E-state index is 0.0559. The van der Waals surface area contributed by atoms with E-state index in [1.807, 2.05) is 0 Å². The Hall–Kier alpha value is -2.54. The number of rotatable bonds is 2. The third kappa shape index (κ3) is 3.37. The van der Waals surface area contributed by atoms with Crippen LogP contribution in [0, 0.1) is 22.7 Å². The number of carbonyl (C=O) groups excluding carboxylic acids is 2. The number of nitrogens with zero attached hydrogens (tertiary/aromatic N) is 2. The fourth-order valence-corrected chi connectivity index (χ4v) is 2.08. The lowest BCUT2D eigenvalue weighted by molar-refractivity contribution is -0.134. The van der Waals surface area contributed by atoms with Crippen LogP contribution in [0.25, 0.3) is 12.2 Å². The Morgan fingerprint density at radius 2 is 1.23 bits per heavy atom. The van der Waals surface area contributed by atoms with Crippen LogP contribution in [0.1, 0.15) is 11.1 Å². The molecule has 0 spiro atoms. The van der Waals surface area contributed by atoms with Crippen molar-refractivity contribution in [2.24, 2.45) is 0 Å². The summed E-state index contributed by atoms with van der Waals surface area (Å²) in [4.78, 5) is 22.7. The number of hydrogen-bond donors (Lipinski definition) is 0. The Balaban J connectivity index is 4.04. The number of nitriles is 2. The van der Waals surface area contributed by atoms with Crippen LogP contribution in [0.2, 0.25) is 10.0 Å². The lowest BCUT2D eigenvalue weighted by atomic mass is 10.0. The minimum Gasteiger partial charge on any atom is -0.466 e.